The summed E-state index contributed by atoms with van der Waals surface area (Å²) in [5, 5.41) is 0.834. The molecule has 12 heteroatoms. The predicted molar refractivity (Wildman–Crippen MR) is 129 cm³/mol. The van der Waals surface area contributed by atoms with Crippen LogP contribution in [0.1, 0.15) is 51.5 Å². The molecule has 1 aliphatic heterocycles. The molecule has 0 spiro atoms. The second-order valence-corrected chi connectivity index (χ2v) is 8.96. The number of amides is 1. The fourth-order valence-electron chi connectivity index (χ4n) is 4.22. The maximum Gasteiger partial charge on any atom is 0.417 e. The third-order valence-corrected chi connectivity index (χ3v) is 6.53. The number of nitrogens with two attached hydrogens (primary N) is 1. The Bertz CT molecular complexity index is 1480. The number of alkyl halides is 3. The Kier molecular flexibility index (Phi) is 6.42. The molecule has 0 saturated carbocycles. The second-order valence-electron chi connectivity index (χ2n) is 8.55. The zero-order valence-electron chi connectivity index (χ0n) is 19.5. The van der Waals surface area contributed by atoms with E-state index in [0.717, 1.165) is 23.4 Å². The van der Waals surface area contributed by atoms with Crippen LogP contribution in [0.3, 0.4) is 0 Å². The molecule has 0 radical (unpaired) electrons. The van der Waals surface area contributed by atoms with Crippen molar-refractivity contribution >= 4 is 34.2 Å². The monoisotopic (exact) mass is 528 g/mol. The van der Waals surface area contributed by atoms with E-state index in [4.69, 9.17) is 22.1 Å². The minimum absolute atomic E-state index is 0.105. The van der Waals surface area contributed by atoms with Crippen LogP contribution in [0, 0.1) is 0 Å². The first-order chi connectivity index (χ1) is 17.6. The van der Waals surface area contributed by atoms with Gasteiger partial charge in [-0.2, -0.15) is 13.2 Å². The summed E-state index contributed by atoms with van der Waals surface area (Å²) in [5.41, 5.74) is 7.75. The Morgan fingerprint density at radius 3 is 2.57 bits per heavy atom. The number of pyridine rings is 2. The standard InChI is InChI=1S/C25H20ClF3N6O2/c1-13(23-31-5-2-6-32-23)35(10-15-4-3-14(9-33-15)25(27,28)29)24(36)17-7-16-18-11-37-12-19(18)22(30)34-21(16)8-20(17)26/h2-9,13H,10-12H2,1H3,(H2,30,34)/t13-/m1/s1. The molecule has 37 heavy (non-hydrogen) atoms. The molecule has 4 aromatic rings. The van der Waals surface area contributed by atoms with Gasteiger partial charge in [0.2, 0.25) is 0 Å². The summed E-state index contributed by atoms with van der Waals surface area (Å²) in [5.74, 6) is 0.224. The first-order valence-electron chi connectivity index (χ1n) is 11.2. The summed E-state index contributed by atoms with van der Waals surface area (Å²) >= 11 is 6.54. The summed E-state index contributed by atoms with van der Waals surface area (Å²) < 4.78 is 44.6. The smallest absolute Gasteiger partial charge is 0.383 e. The van der Waals surface area contributed by atoms with Crippen molar-refractivity contribution in [2.24, 2.45) is 0 Å². The van der Waals surface area contributed by atoms with Gasteiger partial charge in [0.05, 0.1) is 53.2 Å². The molecular formula is C25H20ClF3N6O2. The summed E-state index contributed by atoms with van der Waals surface area (Å²) in [6.07, 6.45) is -0.698. The van der Waals surface area contributed by atoms with Gasteiger partial charge < -0.3 is 15.4 Å². The molecule has 5 rings (SSSR count). The number of halogens is 4. The van der Waals surface area contributed by atoms with Gasteiger partial charge in [0, 0.05) is 29.5 Å². The van der Waals surface area contributed by atoms with E-state index in [2.05, 4.69) is 19.9 Å². The van der Waals surface area contributed by atoms with Crippen molar-refractivity contribution in [3.63, 3.8) is 0 Å². The molecule has 2 N–H and O–H groups in total. The quantitative estimate of drug-likeness (QED) is 0.383. The van der Waals surface area contributed by atoms with Crippen LogP contribution in [-0.2, 0) is 30.7 Å². The average molecular weight is 529 g/mol. The average Bonchev–Trinajstić information content (AvgIpc) is 3.38. The second kappa shape index (κ2) is 9.56. The molecule has 1 aliphatic rings. The van der Waals surface area contributed by atoms with E-state index >= 15 is 0 Å². The van der Waals surface area contributed by atoms with Crippen molar-refractivity contribution in [1.29, 1.82) is 0 Å². The maximum absolute atomic E-state index is 13.9. The molecule has 3 aromatic heterocycles. The number of nitrogens with zero attached hydrogens (tertiary/aromatic N) is 5. The summed E-state index contributed by atoms with van der Waals surface area (Å²) in [6, 6.07) is 6.37. The first-order valence-corrected chi connectivity index (χ1v) is 11.6. The van der Waals surface area contributed by atoms with E-state index in [0.29, 0.717) is 35.8 Å². The van der Waals surface area contributed by atoms with Crippen LogP contribution in [0.4, 0.5) is 19.0 Å². The normalized spacial score (nSPS) is 14.0. The molecule has 0 unspecified atom stereocenters. The Hall–Kier alpha value is -3.83. The molecule has 0 bridgehead atoms. The van der Waals surface area contributed by atoms with Gasteiger partial charge in [0.15, 0.2) is 0 Å². The predicted octanol–water partition coefficient (Wildman–Crippen LogP) is 5.11. The molecule has 1 aromatic carbocycles. The van der Waals surface area contributed by atoms with Crippen molar-refractivity contribution in [3.8, 4) is 0 Å². The van der Waals surface area contributed by atoms with E-state index < -0.39 is 23.7 Å². The van der Waals surface area contributed by atoms with Crippen molar-refractivity contribution in [1.82, 2.24) is 24.8 Å². The van der Waals surface area contributed by atoms with Crippen LogP contribution in [0.2, 0.25) is 5.02 Å². The zero-order chi connectivity index (χ0) is 26.3. The van der Waals surface area contributed by atoms with E-state index in [1.54, 1.807) is 37.5 Å². The van der Waals surface area contributed by atoms with E-state index in [9.17, 15) is 18.0 Å². The van der Waals surface area contributed by atoms with Crippen LogP contribution in [0.15, 0.2) is 48.9 Å². The van der Waals surface area contributed by atoms with Crippen LogP contribution in [0.5, 0.6) is 0 Å². The lowest BCUT2D eigenvalue weighted by Gasteiger charge is -2.28. The van der Waals surface area contributed by atoms with Gasteiger partial charge in [-0.15, -0.1) is 0 Å². The highest BCUT2D eigenvalue weighted by Crippen LogP contribution is 2.35. The number of hydrogen-bond acceptors (Lipinski definition) is 7. The molecule has 190 valence electrons. The molecule has 4 heterocycles. The molecule has 8 nitrogen and oxygen atoms in total. The van der Waals surface area contributed by atoms with E-state index in [1.165, 1.54) is 11.0 Å². The first kappa shape index (κ1) is 24.8. The largest absolute Gasteiger partial charge is 0.417 e. The topological polar surface area (TPSA) is 107 Å². The Labute approximate surface area is 214 Å². The van der Waals surface area contributed by atoms with Gasteiger partial charge in [-0.3, -0.25) is 9.78 Å². The summed E-state index contributed by atoms with van der Waals surface area (Å²) in [6.45, 7) is 2.26. The number of carbonyl (C=O) groups excluding carboxylic acids is 1. The van der Waals surface area contributed by atoms with Gasteiger partial charge in [-0.05, 0) is 42.8 Å². The molecule has 0 fully saturated rings. The third kappa shape index (κ3) is 4.79. The van der Waals surface area contributed by atoms with Crippen LogP contribution in [0.25, 0.3) is 10.9 Å². The van der Waals surface area contributed by atoms with Crippen LogP contribution in [-0.4, -0.2) is 30.7 Å². The lowest BCUT2D eigenvalue weighted by atomic mass is 10.0. The fraction of sp³-hybridized carbons (Fsp3) is 0.240. The summed E-state index contributed by atoms with van der Waals surface area (Å²) in [7, 11) is 0. The van der Waals surface area contributed by atoms with E-state index in [1.807, 2.05) is 0 Å². The number of fused-ring (bicyclic) bond motifs is 3. The lowest BCUT2D eigenvalue weighted by molar-refractivity contribution is -0.137. The number of nitrogen functional groups attached to an aromatic ring is 1. The Morgan fingerprint density at radius 2 is 1.89 bits per heavy atom. The van der Waals surface area contributed by atoms with Gasteiger partial charge in [-0.25, -0.2) is 15.0 Å². The molecule has 1 atom stereocenters. The zero-order valence-corrected chi connectivity index (χ0v) is 20.2. The van der Waals surface area contributed by atoms with Gasteiger partial charge in [0.1, 0.15) is 11.6 Å². The number of hydrogen-bond donors (Lipinski definition) is 1. The number of aromatic nitrogens is 4. The van der Waals surface area contributed by atoms with Crippen molar-refractivity contribution in [2.75, 3.05) is 5.73 Å². The lowest BCUT2D eigenvalue weighted by Crippen LogP contribution is -2.34. The molecule has 0 saturated heterocycles. The minimum atomic E-state index is -4.52. The highest BCUT2D eigenvalue weighted by Gasteiger charge is 2.32. The van der Waals surface area contributed by atoms with Gasteiger partial charge in [0.25, 0.3) is 5.91 Å². The number of benzene rings is 1. The van der Waals surface area contributed by atoms with Crippen LogP contribution < -0.4 is 5.73 Å². The Morgan fingerprint density at radius 1 is 1.16 bits per heavy atom. The maximum atomic E-state index is 13.9. The Balaban J connectivity index is 1.56. The molecule has 0 aliphatic carbocycles. The SMILES string of the molecule is C[C@H](c1ncccn1)N(Cc1ccc(C(F)(F)F)cn1)C(=O)c1cc2c3c(c(N)nc2cc1Cl)COC3. The number of rotatable bonds is 5. The molecular weight excluding hydrogens is 509 g/mol. The van der Waals surface area contributed by atoms with Crippen molar-refractivity contribution in [2.45, 2.75) is 38.9 Å². The summed E-state index contributed by atoms with van der Waals surface area (Å²) in [4.78, 5) is 32.2. The minimum Gasteiger partial charge on any atom is -0.383 e. The van der Waals surface area contributed by atoms with Crippen molar-refractivity contribution in [3.05, 3.63) is 87.7 Å². The highest BCUT2D eigenvalue weighted by molar-refractivity contribution is 6.34. The highest BCUT2D eigenvalue weighted by atomic mass is 35.5. The van der Waals surface area contributed by atoms with Gasteiger partial charge in [-0.1, -0.05) is 11.6 Å². The van der Waals surface area contributed by atoms with E-state index in [-0.39, 0.29) is 22.8 Å². The molecule has 1 amide bonds. The fourth-order valence-corrected chi connectivity index (χ4v) is 4.46. The number of anilines is 1. The van der Waals surface area contributed by atoms with Gasteiger partial charge >= 0.3 is 6.18 Å². The third-order valence-electron chi connectivity index (χ3n) is 6.22. The number of carbonyl (C=O) groups is 1. The van der Waals surface area contributed by atoms with Crippen molar-refractivity contribution < 1.29 is 22.7 Å². The number of ether oxygens (including phenoxy) is 1. The van der Waals surface area contributed by atoms with Crippen LogP contribution >= 0.6 is 11.6 Å².